The van der Waals surface area contributed by atoms with E-state index in [1.807, 2.05) is 0 Å². The molecule has 1 aliphatic heterocycles. The average Bonchev–Trinajstić information content (AvgIpc) is 2.37. The lowest BCUT2D eigenvalue weighted by Gasteiger charge is -2.42. The Balaban J connectivity index is 2.10. The molecule has 1 atom stereocenters. The minimum atomic E-state index is -1.70. The van der Waals surface area contributed by atoms with Gasteiger partial charge in [0, 0.05) is 23.1 Å². The van der Waals surface area contributed by atoms with E-state index in [1.165, 1.54) is 17.7 Å². The predicted molar refractivity (Wildman–Crippen MR) is 93.0 cm³/mol. The molecule has 0 aliphatic carbocycles. The Labute approximate surface area is 132 Å². The maximum Gasteiger partial charge on any atom is 0.192 e. The summed E-state index contributed by atoms with van der Waals surface area (Å²) in [5.41, 5.74) is 2.61. The summed E-state index contributed by atoms with van der Waals surface area (Å²) in [4.78, 5) is 0. The first-order chi connectivity index (χ1) is 9.25. The Bertz CT molecular complexity index is 487. The molecule has 112 valence electrons. The van der Waals surface area contributed by atoms with Gasteiger partial charge < -0.3 is 9.74 Å². The second-order valence-corrected chi connectivity index (χ2v) is 12.4. The minimum Gasteiger partial charge on any atom is -0.412 e. The molecular weight excluding hydrogens is 330 g/mol. The van der Waals surface area contributed by atoms with Crippen LogP contribution < -0.4 is 5.32 Å². The zero-order valence-electron chi connectivity index (χ0n) is 13.2. The van der Waals surface area contributed by atoms with Crippen LogP contribution in [0.1, 0.15) is 32.8 Å². The van der Waals surface area contributed by atoms with Crippen molar-refractivity contribution in [1.29, 1.82) is 0 Å². The minimum absolute atomic E-state index is 0.296. The highest BCUT2D eigenvalue weighted by Gasteiger charge is 2.41. The summed E-state index contributed by atoms with van der Waals surface area (Å²) in [6.45, 7) is 12.6. The van der Waals surface area contributed by atoms with Gasteiger partial charge in [-0.15, -0.1) is 0 Å². The van der Waals surface area contributed by atoms with Crippen molar-refractivity contribution in [2.75, 3.05) is 11.9 Å². The molecule has 1 unspecified atom stereocenters. The third-order valence-corrected chi connectivity index (χ3v) is 10.0. The van der Waals surface area contributed by atoms with Gasteiger partial charge in [-0.05, 0) is 41.9 Å². The normalized spacial score (nSPS) is 19.4. The van der Waals surface area contributed by atoms with Crippen LogP contribution in [-0.4, -0.2) is 21.0 Å². The molecule has 0 fully saturated rings. The molecule has 1 heterocycles. The van der Waals surface area contributed by atoms with E-state index >= 15 is 0 Å². The van der Waals surface area contributed by atoms with E-state index in [9.17, 15) is 0 Å². The molecule has 1 aliphatic rings. The van der Waals surface area contributed by atoms with Crippen LogP contribution in [0.3, 0.4) is 0 Å². The molecule has 1 aromatic carbocycles. The summed E-state index contributed by atoms with van der Waals surface area (Å²) in [5.74, 6) is 0. The van der Waals surface area contributed by atoms with Crippen molar-refractivity contribution in [2.24, 2.45) is 0 Å². The summed E-state index contributed by atoms with van der Waals surface area (Å²) >= 11 is 3.55. The number of anilines is 1. The maximum absolute atomic E-state index is 6.59. The number of hydrogen-bond donors (Lipinski definition) is 1. The molecule has 0 saturated carbocycles. The van der Waals surface area contributed by atoms with Gasteiger partial charge in [0.05, 0.1) is 6.10 Å². The van der Waals surface area contributed by atoms with Crippen LogP contribution in [0.4, 0.5) is 5.69 Å². The Kier molecular flexibility index (Phi) is 4.67. The number of fused-ring (bicyclic) bond motifs is 1. The summed E-state index contributed by atoms with van der Waals surface area (Å²) in [6, 6.07) is 6.44. The lowest BCUT2D eigenvalue weighted by molar-refractivity contribution is 0.187. The largest absolute Gasteiger partial charge is 0.412 e. The van der Waals surface area contributed by atoms with Crippen LogP contribution in [0.15, 0.2) is 22.7 Å². The first-order valence-electron chi connectivity index (χ1n) is 7.45. The van der Waals surface area contributed by atoms with Crippen molar-refractivity contribution in [1.82, 2.24) is 0 Å². The van der Waals surface area contributed by atoms with Crippen molar-refractivity contribution in [3.05, 3.63) is 28.2 Å². The van der Waals surface area contributed by atoms with Crippen LogP contribution in [0.25, 0.3) is 0 Å². The molecule has 0 aromatic heterocycles. The molecule has 0 spiro atoms. The highest BCUT2D eigenvalue weighted by Crippen LogP contribution is 2.42. The van der Waals surface area contributed by atoms with Crippen molar-refractivity contribution in [3.63, 3.8) is 0 Å². The standard InChI is InChI=1S/C16H26BrNOSi/c1-6-16(2,3)20(4,5)19-14-10-12-9-13(17)7-8-15(12)18-11-14/h7-9,14,18H,6,10-11H2,1-5H3. The second kappa shape index (κ2) is 5.82. The lowest BCUT2D eigenvalue weighted by atomic mass is 10.0. The van der Waals surface area contributed by atoms with Gasteiger partial charge in [-0.25, -0.2) is 0 Å². The first-order valence-corrected chi connectivity index (χ1v) is 11.2. The SMILES string of the molecule is CCC(C)(C)[Si](C)(C)OC1CNc2ccc(Br)cc2C1. The Hall–Kier alpha value is -0.323. The smallest absolute Gasteiger partial charge is 0.192 e. The third kappa shape index (κ3) is 3.29. The zero-order valence-corrected chi connectivity index (χ0v) is 15.8. The zero-order chi connectivity index (χ0) is 15.0. The predicted octanol–water partition coefficient (Wildman–Crippen LogP) is 5.20. The van der Waals surface area contributed by atoms with E-state index in [1.54, 1.807) is 0 Å². The molecule has 0 amide bonds. The van der Waals surface area contributed by atoms with Crippen molar-refractivity contribution >= 4 is 29.9 Å². The van der Waals surface area contributed by atoms with E-state index < -0.39 is 8.32 Å². The fraction of sp³-hybridized carbons (Fsp3) is 0.625. The van der Waals surface area contributed by atoms with E-state index in [0.717, 1.165) is 17.4 Å². The summed E-state index contributed by atoms with van der Waals surface area (Å²) < 4.78 is 7.73. The summed E-state index contributed by atoms with van der Waals surface area (Å²) in [6.07, 6.45) is 2.48. The number of rotatable bonds is 4. The van der Waals surface area contributed by atoms with Crippen LogP contribution in [-0.2, 0) is 10.8 Å². The van der Waals surface area contributed by atoms with Gasteiger partial charge in [-0.3, -0.25) is 0 Å². The average molecular weight is 356 g/mol. The Morgan fingerprint density at radius 2 is 2.10 bits per heavy atom. The monoisotopic (exact) mass is 355 g/mol. The molecular formula is C16H26BrNOSi. The summed E-state index contributed by atoms with van der Waals surface area (Å²) in [7, 11) is -1.70. The lowest BCUT2D eigenvalue weighted by Crippen LogP contribution is -2.48. The number of nitrogens with one attached hydrogen (secondary N) is 1. The third-order valence-electron chi connectivity index (χ3n) is 5.01. The maximum atomic E-state index is 6.59. The van der Waals surface area contributed by atoms with Crippen LogP contribution in [0, 0.1) is 0 Å². The van der Waals surface area contributed by atoms with Crippen LogP contribution in [0.2, 0.25) is 18.1 Å². The molecule has 20 heavy (non-hydrogen) atoms. The molecule has 0 saturated heterocycles. The van der Waals surface area contributed by atoms with Gasteiger partial charge in [0.2, 0.25) is 0 Å². The van der Waals surface area contributed by atoms with Gasteiger partial charge in [-0.1, -0.05) is 43.1 Å². The van der Waals surface area contributed by atoms with Crippen molar-refractivity contribution in [3.8, 4) is 0 Å². The topological polar surface area (TPSA) is 21.3 Å². The molecule has 2 rings (SSSR count). The van der Waals surface area contributed by atoms with Gasteiger partial charge in [0.15, 0.2) is 8.32 Å². The van der Waals surface area contributed by atoms with Gasteiger partial charge >= 0.3 is 0 Å². The Morgan fingerprint density at radius 1 is 1.40 bits per heavy atom. The Morgan fingerprint density at radius 3 is 2.75 bits per heavy atom. The quantitative estimate of drug-likeness (QED) is 0.749. The van der Waals surface area contributed by atoms with E-state index in [4.69, 9.17) is 4.43 Å². The van der Waals surface area contributed by atoms with Crippen LogP contribution in [0.5, 0.6) is 0 Å². The second-order valence-electron chi connectivity index (χ2n) is 6.87. The number of hydrogen-bond acceptors (Lipinski definition) is 2. The molecule has 1 N–H and O–H groups in total. The molecule has 2 nitrogen and oxygen atoms in total. The van der Waals surface area contributed by atoms with Gasteiger partial charge in [0.1, 0.15) is 0 Å². The molecule has 1 aromatic rings. The molecule has 4 heteroatoms. The highest BCUT2D eigenvalue weighted by molar-refractivity contribution is 9.10. The summed E-state index contributed by atoms with van der Waals surface area (Å²) in [5, 5.41) is 3.82. The van der Waals surface area contributed by atoms with Crippen LogP contribution >= 0.6 is 15.9 Å². The fourth-order valence-corrected chi connectivity index (χ4v) is 5.11. The van der Waals surface area contributed by atoms with Crippen molar-refractivity contribution in [2.45, 2.75) is 57.8 Å². The molecule has 0 radical (unpaired) electrons. The van der Waals surface area contributed by atoms with E-state index in [2.05, 4.69) is 73.3 Å². The van der Waals surface area contributed by atoms with Crippen molar-refractivity contribution < 1.29 is 4.43 Å². The highest BCUT2D eigenvalue weighted by atomic mass is 79.9. The van der Waals surface area contributed by atoms with E-state index in [-0.39, 0.29) is 0 Å². The van der Waals surface area contributed by atoms with Gasteiger partial charge in [0.25, 0.3) is 0 Å². The van der Waals surface area contributed by atoms with Gasteiger partial charge in [-0.2, -0.15) is 0 Å². The fourth-order valence-electron chi connectivity index (χ4n) is 2.53. The number of halogens is 1. The first kappa shape index (κ1) is 16.1. The van der Waals surface area contributed by atoms with E-state index in [0.29, 0.717) is 11.1 Å². The number of benzene rings is 1. The molecule has 0 bridgehead atoms.